The summed E-state index contributed by atoms with van der Waals surface area (Å²) in [5, 5.41) is 29.2. The summed E-state index contributed by atoms with van der Waals surface area (Å²) in [7, 11) is 0. The summed E-state index contributed by atoms with van der Waals surface area (Å²) in [5.74, 6) is -6.20. The van der Waals surface area contributed by atoms with E-state index in [0.29, 0.717) is 19.4 Å². The quantitative estimate of drug-likeness (QED) is 0.0336. The number of benzene rings is 4. The Bertz CT molecular complexity index is 2630. The highest BCUT2D eigenvalue weighted by Crippen LogP contribution is 2.22. The Balaban J connectivity index is 1.39. The Hall–Kier alpha value is -7.11. The first-order valence-electron chi connectivity index (χ1n) is 24.9. The first-order valence-corrected chi connectivity index (χ1v) is 24.9. The number of carbonyl (C=O) groups is 7. The topological polar surface area (TPSA) is 280 Å². The molecule has 0 aliphatic heterocycles. The summed E-state index contributed by atoms with van der Waals surface area (Å²) in [4.78, 5) is 100. The fourth-order valence-electron chi connectivity index (χ4n) is 8.70. The zero-order valence-electron chi connectivity index (χ0n) is 42.2. The minimum Gasteiger partial charge on any atom is -0.480 e. The molecule has 0 saturated heterocycles. The maximum Gasteiger partial charge on any atom is 0.326 e. The smallest absolute Gasteiger partial charge is 0.326 e. The molecule has 12 N–H and O–H groups in total. The van der Waals surface area contributed by atoms with E-state index in [9.17, 15) is 38.7 Å². The first-order chi connectivity index (χ1) is 34.4. The second-order valence-corrected chi connectivity index (χ2v) is 19.7. The molecule has 0 aliphatic carbocycles. The molecular formula is C55H73N9O8. The molecule has 4 aromatic carbocycles. The van der Waals surface area contributed by atoms with Crippen molar-refractivity contribution >= 4 is 63.1 Å². The van der Waals surface area contributed by atoms with Gasteiger partial charge in [0.05, 0.1) is 6.04 Å². The van der Waals surface area contributed by atoms with Crippen LogP contribution in [0.1, 0.15) is 83.9 Å². The van der Waals surface area contributed by atoms with Crippen molar-refractivity contribution in [2.45, 2.75) is 129 Å². The zero-order valence-corrected chi connectivity index (χ0v) is 42.2. The number of amides is 6. The second kappa shape index (κ2) is 26.9. The van der Waals surface area contributed by atoms with E-state index in [1.165, 1.54) is 0 Å². The van der Waals surface area contributed by atoms with Gasteiger partial charge in [-0.1, -0.05) is 133 Å². The maximum absolute atomic E-state index is 14.7. The molecule has 5 rings (SSSR count). The van der Waals surface area contributed by atoms with Crippen LogP contribution in [0.4, 0.5) is 0 Å². The van der Waals surface area contributed by atoms with Gasteiger partial charge in [-0.05, 0) is 89.9 Å². The number of aromatic amines is 1. The number of fused-ring (bicyclic) bond motifs is 2. The lowest BCUT2D eigenvalue weighted by molar-refractivity contribution is -0.143. The van der Waals surface area contributed by atoms with Crippen molar-refractivity contribution in [1.82, 2.24) is 36.9 Å². The van der Waals surface area contributed by atoms with Gasteiger partial charge in [0.25, 0.3) is 0 Å². The van der Waals surface area contributed by atoms with E-state index in [-0.39, 0.29) is 38.0 Å². The predicted octanol–water partition coefficient (Wildman–Crippen LogP) is 4.16. The highest BCUT2D eigenvalue weighted by Gasteiger charge is 2.36. The molecule has 386 valence electrons. The largest absolute Gasteiger partial charge is 0.480 e. The van der Waals surface area contributed by atoms with Crippen LogP contribution in [0.3, 0.4) is 0 Å². The molecule has 0 unspecified atom stereocenters. The van der Waals surface area contributed by atoms with Gasteiger partial charge in [0.1, 0.15) is 36.3 Å². The number of H-pyrrole nitrogens is 1. The van der Waals surface area contributed by atoms with Gasteiger partial charge in [0.2, 0.25) is 35.4 Å². The highest BCUT2D eigenvalue weighted by atomic mass is 16.4. The van der Waals surface area contributed by atoms with Crippen LogP contribution in [0.5, 0.6) is 0 Å². The van der Waals surface area contributed by atoms with Gasteiger partial charge >= 0.3 is 5.97 Å². The van der Waals surface area contributed by atoms with E-state index in [2.05, 4.69) is 36.9 Å². The van der Waals surface area contributed by atoms with E-state index in [1.807, 2.05) is 117 Å². The average molecular weight is 988 g/mol. The van der Waals surface area contributed by atoms with Crippen molar-refractivity contribution in [3.8, 4) is 0 Å². The summed E-state index contributed by atoms with van der Waals surface area (Å²) in [5.41, 5.74) is 15.4. The Morgan fingerprint density at radius 1 is 0.528 bits per heavy atom. The summed E-state index contributed by atoms with van der Waals surface area (Å²) in [6.45, 7) is 10.9. The molecule has 17 nitrogen and oxygen atoms in total. The third-order valence-electron chi connectivity index (χ3n) is 12.7. The van der Waals surface area contributed by atoms with Crippen molar-refractivity contribution < 1.29 is 38.7 Å². The van der Waals surface area contributed by atoms with Gasteiger partial charge in [0.15, 0.2) is 0 Å². The molecule has 0 spiro atoms. The number of carboxylic acid groups (broad SMARTS) is 1. The molecule has 0 bridgehead atoms. The Labute approximate surface area is 421 Å². The van der Waals surface area contributed by atoms with Gasteiger partial charge in [-0.2, -0.15) is 0 Å². The van der Waals surface area contributed by atoms with Crippen molar-refractivity contribution in [3.05, 3.63) is 120 Å². The number of aliphatic carboxylic acids is 1. The number of carbonyl (C=O) groups excluding carboxylic acids is 6. The maximum atomic E-state index is 14.7. The minimum absolute atomic E-state index is 0.00196. The summed E-state index contributed by atoms with van der Waals surface area (Å²) in [6.07, 6.45) is 3.44. The molecule has 17 heteroatoms. The Kier molecular flexibility index (Phi) is 20.9. The van der Waals surface area contributed by atoms with Crippen LogP contribution < -0.4 is 43.4 Å². The molecule has 0 radical (unpaired) electrons. The van der Waals surface area contributed by atoms with Crippen LogP contribution in [0.25, 0.3) is 21.7 Å². The lowest BCUT2D eigenvalue weighted by atomic mass is 9.96. The molecule has 7 atom stereocenters. The standard InChI is InChI=1S/C55H73N9O8/c1-32(2)27-46(55(71)72)62-50(66)43(25-14-15-26-56)59-53(69)47(33(3)4)64-54(70)48(34(5)6)63-52(68)45(30-37-21-16-20-36-19-10-11-22-39(36)37)61-51(67)44(28-35-17-8-7-9-18-35)60-49(65)41(57)29-38-31-58-42-24-13-12-23-40(38)42/h7-13,16-24,31-34,41,43-48,58H,14-15,25-30,56-57H2,1-6H3,(H,59,69)(H,60,65)(H,61,67)(H,62,66)(H,63,68)(H,64,70)(H,71,72)/t41-,43-,44-,45+,46-,47-,48-/m1/s1. The van der Waals surface area contributed by atoms with Crippen LogP contribution in [0.2, 0.25) is 0 Å². The van der Waals surface area contributed by atoms with Gasteiger partial charge < -0.3 is 53.5 Å². The number of aromatic nitrogens is 1. The fraction of sp³-hybridized carbons (Fsp3) is 0.436. The third kappa shape index (κ3) is 16.0. The molecule has 1 heterocycles. The molecule has 0 saturated carbocycles. The van der Waals surface area contributed by atoms with Crippen molar-refractivity contribution in [2.75, 3.05) is 6.54 Å². The number of rotatable bonds is 27. The van der Waals surface area contributed by atoms with Crippen LogP contribution >= 0.6 is 0 Å². The average Bonchev–Trinajstić information content (AvgIpc) is 3.75. The van der Waals surface area contributed by atoms with E-state index >= 15 is 0 Å². The zero-order chi connectivity index (χ0) is 52.5. The highest BCUT2D eigenvalue weighted by molar-refractivity contribution is 5.98. The van der Waals surface area contributed by atoms with Crippen molar-refractivity contribution in [3.63, 3.8) is 0 Å². The number of nitrogens with one attached hydrogen (secondary N) is 7. The monoisotopic (exact) mass is 988 g/mol. The molecule has 0 fully saturated rings. The molecule has 72 heavy (non-hydrogen) atoms. The van der Waals surface area contributed by atoms with E-state index < -0.39 is 95.5 Å². The number of carboxylic acids is 1. The number of unbranched alkanes of at least 4 members (excludes halogenated alkanes) is 1. The summed E-state index contributed by atoms with van der Waals surface area (Å²) >= 11 is 0. The normalized spacial score (nSPS) is 14.4. The molecule has 1 aromatic heterocycles. The van der Waals surface area contributed by atoms with Gasteiger partial charge in [-0.3, -0.25) is 28.8 Å². The molecule has 0 aliphatic rings. The van der Waals surface area contributed by atoms with E-state index in [4.69, 9.17) is 11.5 Å². The van der Waals surface area contributed by atoms with Gasteiger partial charge in [-0.15, -0.1) is 0 Å². The molecular weight excluding hydrogens is 915 g/mol. The predicted molar refractivity (Wildman–Crippen MR) is 279 cm³/mol. The Morgan fingerprint density at radius 2 is 1.06 bits per heavy atom. The number of hydrogen-bond acceptors (Lipinski definition) is 9. The summed E-state index contributed by atoms with van der Waals surface area (Å²) < 4.78 is 0. The third-order valence-corrected chi connectivity index (χ3v) is 12.7. The van der Waals surface area contributed by atoms with Crippen molar-refractivity contribution in [2.24, 2.45) is 29.2 Å². The first kappa shape index (κ1) is 55.8. The molecule has 6 amide bonds. The van der Waals surface area contributed by atoms with Crippen LogP contribution in [-0.2, 0) is 52.8 Å². The van der Waals surface area contributed by atoms with Crippen LogP contribution in [0, 0.1) is 17.8 Å². The minimum atomic E-state index is -1.27. The Morgan fingerprint density at radius 3 is 1.71 bits per heavy atom. The van der Waals surface area contributed by atoms with Crippen molar-refractivity contribution in [1.29, 1.82) is 0 Å². The number of hydrogen-bond donors (Lipinski definition) is 10. The number of para-hydroxylation sites is 1. The van der Waals surface area contributed by atoms with E-state index in [1.54, 1.807) is 27.7 Å². The SMILES string of the molecule is CC(C)C[C@@H](NC(=O)[C@@H](CCCCN)NC(=O)[C@H](NC(=O)[C@H](NC(=O)[C@H](Cc1cccc2ccccc12)NC(=O)[C@@H](Cc1ccccc1)NC(=O)[C@H](N)Cc1c[nH]c2ccccc12)C(C)C)C(C)C)C(=O)O. The summed E-state index contributed by atoms with van der Waals surface area (Å²) in [6, 6.07) is 21.9. The van der Waals surface area contributed by atoms with Gasteiger partial charge in [-0.25, -0.2) is 4.79 Å². The van der Waals surface area contributed by atoms with Crippen LogP contribution in [0.15, 0.2) is 103 Å². The molecule has 5 aromatic rings. The van der Waals surface area contributed by atoms with Crippen LogP contribution in [-0.4, -0.2) is 100 Å². The number of nitrogens with two attached hydrogens (primary N) is 2. The van der Waals surface area contributed by atoms with E-state index in [0.717, 1.165) is 38.4 Å². The lowest BCUT2D eigenvalue weighted by Gasteiger charge is -2.30. The fourth-order valence-corrected chi connectivity index (χ4v) is 8.70. The lowest BCUT2D eigenvalue weighted by Crippen LogP contribution is -2.61. The van der Waals surface area contributed by atoms with Gasteiger partial charge in [0, 0.05) is 29.9 Å². The second-order valence-electron chi connectivity index (χ2n) is 19.7.